The Hall–Kier alpha value is -1.59. The second-order valence-electron chi connectivity index (χ2n) is 17.3. The zero-order valence-electron chi connectivity index (χ0n) is 36.8. The van der Waals surface area contributed by atoms with Gasteiger partial charge in [-0.1, -0.05) is 221 Å². The summed E-state index contributed by atoms with van der Waals surface area (Å²) < 4.78 is 16.7. The molecule has 6 heteroatoms. The molecule has 320 valence electrons. The lowest BCUT2D eigenvalue weighted by atomic mass is 10.0. The summed E-state index contributed by atoms with van der Waals surface area (Å²) in [4.78, 5) is 37.7. The predicted octanol–water partition coefficient (Wildman–Crippen LogP) is 15.0. The molecule has 0 aromatic carbocycles. The van der Waals surface area contributed by atoms with Gasteiger partial charge in [-0.05, 0) is 31.1 Å². The molecule has 0 saturated carbocycles. The van der Waals surface area contributed by atoms with E-state index in [0.717, 1.165) is 69.6 Å². The van der Waals surface area contributed by atoms with Crippen molar-refractivity contribution < 1.29 is 28.6 Å². The lowest BCUT2D eigenvalue weighted by Crippen LogP contribution is -2.30. The van der Waals surface area contributed by atoms with Crippen LogP contribution in [-0.2, 0) is 28.6 Å². The zero-order chi connectivity index (χ0) is 39.7. The molecule has 0 N–H and O–H groups in total. The summed E-state index contributed by atoms with van der Waals surface area (Å²) >= 11 is 0. The van der Waals surface area contributed by atoms with Crippen molar-refractivity contribution in [2.24, 2.45) is 11.8 Å². The molecule has 0 unspecified atom stereocenters. The van der Waals surface area contributed by atoms with Crippen LogP contribution >= 0.6 is 0 Å². The Labute approximate surface area is 336 Å². The molecule has 0 bridgehead atoms. The van der Waals surface area contributed by atoms with Crippen LogP contribution in [0.15, 0.2) is 0 Å². The average molecular weight is 765 g/mol. The molecule has 0 rings (SSSR count). The highest BCUT2D eigenvalue weighted by Crippen LogP contribution is 2.17. The van der Waals surface area contributed by atoms with Crippen LogP contribution < -0.4 is 0 Å². The largest absolute Gasteiger partial charge is 0.462 e. The van der Waals surface area contributed by atoms with Crippen molar-refractivity contribution in [2.75, 3.05) is 13.2 Å². The maximum absolute atomic E-state index is 12.7. The molecule has 6 nitrogen and oxygen atoms in total. The third kappa shape index (κ3) is 41.6. The Morgan fingerprint density at radius 3 is 0.907 bits per heavy atom. The van der Waals surface area contributed by atoms with Gasteiger partial charge in [0.1, 0.15) is 13.2 Å². The summed E-state index contributed by atoms with van der Waals surface area (Å²) in [7, 11) is 0. The third-order valence-corrected chi connectivity index (χ3v) is 10.7. The number of ether oxygens (including phenoxy) is 3. The van der Waals surface area contributed by atoms with Crippen molar-refractivity contribution in [3.63, 3.8) is 0 Å². The van der Waals surface area contributed by atoms with Crippen LogP contribution in [0, 0.1) is 11.8 Å². The van der Waals surface area contributed by atoms with E-state index in [4.69, 9.17) is 14.2 Å². The molecular weight excluding hydrogens is 673 g/mol. The summed E-state index contributed by atoms with van der Waals surface area (Å²) in [6.07, 6.45) is 39.4. The van der Waals surface area contributed by atoms with Gasteiger partial charge < -0.3 is 14.2 Å². The highest BCUT2D eigenvalue weighted by molar-refractivity contribution is 5.71. The van der Waals surface area contributed by atoms with Crippen LogP contribution in [0.1, 0.15) is 259 Å². The van der Waals surface area contributed by atoms with Crippen molar-refractivity contribution in [2.45, 2.75) is 265 Å². The fourth-order valence-corrected chi connectivity index (χ4v) is 7.11. The van der Waals surface area contributed by atoms with Gasteiger partial charge in [0.25, 0.3) is 0 Å². The molecule has 0 spiro atoms. The van der Waals surface area contributed by atoms with E-state index in [2.05, 4.69) is 34.6 Å². The quantitative estimate of drug-likeness (QED) is 0.0350. The predicted molar refractivity (Wildman–Crippen MR) is 229 cm³/mol. The summed E-state index contributed by atoms with van der Waals surface area (Å²) in [6, 6.07) is 0. The van der Waals surface area contributed by atoms with Gasteiger partial charge in [0.15, 0.2) is 6.10 Å². The Balaban J connectivity index is 4.31. The molecule has 0 aliphatic rings. The normalized spacial score (nSPS) is 12.1. The summed E-state index contributed by atoms with van der Waals surface area (Å²) in [5, 5.41) is 0. The molecule has 1 atom stereocenters. The number of rotatable bonds is 42. The average Bonchev–Trinajstić information content (AvgIpc) is 3.14. The Kier molecular flexibility index (Phi) is 39.8. The van der Waals surface area contributed by atoms with Gasteiger partial charge in [-0.2, -0.15) is 0 Å². The summed E-state index contributed by atoms with van der Waals surface area (Å²) in [5.74, 6) is 0.779. The number of carbonyl (C=O) groups excluding carboxylic acids is 3. The van der Waals surface area contributed by atoms with Crippen LogP contribution in [0.25, 0.3) is 0 Å². The standard InChI is InChI=1S/C48H92O6/c1-6-7-8-9-10-11-18-25-30-35-40-48(51)54-45(42-53-47(50)39-34-29-24-20-15-17-22-27-32-37-44(4)5)41-52-46(49)38-33-28-23-19-14-12-13-16-21-26-31-36-43(2)3/h43-45H,6-42H2,1-5H3/t45-/m1/s1. The Bertz CT molecular complexity index is 824. The Morgan fingerprint density at radius 2 is 0.611 bits per heavy atom. The van der Waals surface area contributed by atoms with E-state index in [0.29, 0.717) is 19.3 Å². The van der Waals surface area contributed by atoms with Crippen molar-refractivity contribution in [1.82, 2.24) is 0 Å². The minimum absolute atomic E-state index is 0.0647. The second kappa shape index (κ2) is 41.1. The molecule has 0 fully saturated rings. The van der Waals surface area contributed by atoms with E-state index in [9.17, 15) is 14.4 Å². The van der Waals surface area contributed by atoms with Gasteiger partial charge in [-0.25, -0.2) is 0 Å². The number of esters is 3. The lowest BCUT2D eigenvalue weighted by Gasteiger charge is -2.18. The molecule has 0 heterocycles. The molecule has 54 heavy (non-hydrogen) atoms. The minimum Gasteiger partial charge on any atom is -0.462 e. The van der Waals surface area contributed by atoms with E-state index in [1.165, 1.54) is 148 Å². The molecule has 0 aliphatic carbocycles. The SMILES string of the molecule is CCCCCCCCCCCCC(=O)O[C@H](COC(=O)CCCCCCCCCCCCCC(C)C)COC(=O)CCCCCCCCCCCC(C)C. The molecule has 0 radical (unpaired) electrons. The zero-order valence-corrected chi connectivity index (χ0v) is 36.8. The lowest BCUT2D eigenvalue weighted by molar-refractivity contribution is -0.167. The molecule has 0 saturated heterocycles. The number of hydrogen-bond acceptors (Lipinski definition) is 6. The number of hydrogen-bond donors (Lipinski definition) is 0. The fraction of sp³-hybridized carbons (Fsp3) is 0.938. The molecule has 0 aliphatic heterocycles. The fourth-order valence-electron chi connectivity index (χ4n) is 7.11. The third-order valence-electron chi connectivity index (χ3n) is 10.7. The van der Waals surface area contributed by atoms with E-state index < -0.39 is 6.10 Å². The number of unbranched alkanes of at least 4 members (excludes halogenated alkanes) is 27. The van der Waals surface area contributed by atoms with Crippen LogP contribution in [0.2, 0.25) is 0 Å². The second-order valence-corrected chi connectivity index (χ2v) is 17.3. The monoisotopic (exact) mass is 765 g/mol. The van der Waals surface area contributed by atoms with Gasteiger partial charge in [-0.15, -0.1) is 0 Å². The van der Waals surface area contributed by atoms with Crippen LogP contribution in [0.3, 0.4) is 0 Å². The highest BCUT2D eigenvalue weighted by Gasteiger charge is 2.19. The maximum atomic E-state index is 12.7. The van der Waals surface area contributed by atoms with Crippen molar-refractivity contribution in [1.29, 1.82) is 0 Å². The van der Waals surface area contributed by atoms with E-state index in [1.54, 1.807) is 0 Å². The minimum atomic E-state index is -0.760. The van der Waals surface area contributed by atoms with Crippen LogP contribution in [0.5, 0.6) is 0 Å². The topological polar surface area (TPSA) is 78.9 Å². The molecule has 0 amide bonds. The van der Waals surface area contributed by atoms with Gasteiger partial charge in [0, 0.05) is 19.3 Å². The van der Waals surface area contributed by atoms with Crippen LogP contribution in [-0.4, -0.2) is 37.2 Å². The molecule has 0 aromatic heterocycles. The van der Waals surface area contributed by atoms with Crippen LogP contribution in [0.4, 0.5) is 0 Å². The molecule has 0 aromatic rings. The smallest absolute Gasteiger partial charge is 0.306 e. The van der Waals surface area contributed by atoms with Gasteiger partial charge >= 0.3 is 17.9 Å². The maximum Gasteiger partial charge on any atom is 0.306 e. The van der Waals surface area contributed by atoms with E-state index in [-0.39, 0.29) is 31.1 Å². The van der Waals surface area contributed by atoms with E-state index in [1.807, 2.05) is 0 Å². The number of carbonyl (C=O) groups is 3. The van der Waals surface area contributed by atoms with Crippen molar-refractivity contribution in [3.05, 3.63) is 0 Å². The first-order valence-corrected chi connectivity index (χ1v) is 23.7. The highest BCUT2D eigenvalue weighted by atomic mass is 16.6. The van der Waals surface area contributed by atoms with Crippen molar-refractivity contribution in [3.8, 4) is 0 Å². The van der Waals surface area contributed by atoms with Crippen molar-refractivity contribution >= 4 is 17.9 Å². The van der Waals surface area contributed by atoms with Gasteiger partial charge in [-0.3, -0.25) is 14.4 Å². The first-order chi connectivity index (χ1) is 26.2. The first-order valence-electron chi connectivity index (χ1n) is 23.7. The summed E-state index contributed by atoms with van der Waals surface area (Å²) in [5.41, 5.74) is 0. The first kappa shape index (κ1) is 52.4. The Morgan fingerprint density at radius 1 is 0.352 bits per heavy atom. The summed E-state index contributed by atoms with van der Waals surface area (Å²) in [6.45, 7) is 11.3. The van der Waals surface area contributed by atoms with Gasteiger partial charge in [0.05, 0.1) is 0 Å². The molecular formula is C48H92O6. The van der Waals surface area contributed by atoms with E-state index >= 15 is 0 Å². The van der Waals surface area contributed by atoms with Gasteiger partial charge in [0.2, 0.25) is 0 Å².